The number of carbonyl (C=O) groups excluding carboxylic acids is 1. The van der Waals surface area contributed by atoms with Crippen molar-refractivity contribution in [3.05, 3.63) is 65.1 Å². The summed E-state index contributed by atoms with van der Waals surface area (Å²) < 4.78 is 74.5. The van der Waals surface area contributed by atoms with Gasteiger partial charge in [-0.15, -0.1) is 0 Å². The van der Waals surface area contributed by atoms with E-state index < -0.39 is 30.1 Å². The molecule has 1 atom stereocenters. The van der Waals surface area contributed by atoms with Crippen LogP contribution in [0.25, 0.3) is 11.3 Å². The summed E-state index contributed by atoms with van der Waals surface area (Å²) in [4.78, 5) is 14.2. The number of alkyl halides is 2. The van der Waals surface area contributed by atoms with Crippen LogP contribution in [0.5, 0.6) is 5.75 Å². The lowest BCUT2D eigenvalue weighted by atomic mass is 9.97. The van der Waals surface area contributed by atoms with E-state index in [0.717, 1.165) is 0 Å². The molecule has 1 aromatic heterocycles. The quantitative estimate of drug-likeness (QED) is 0.428. The maximum atomic E-state index is 13.5. The van der Waals surface area contributed by atoms with Crippen molar-refractivity contribution in [1.29, 1.82) is 0 Å². The number of anilines is 1. The number of fused-ring (bicyclic) bond motifs is 1. The molecule has 0 fully saturated rings. The highest BCUT2D eigenvalue weighted by Gasteiger charge is 2.32. The largest absolute Gasteiger partial charge is 0.435 e. The molecule has 1 aliphatic rings. The molecule has 0 bridgehead atoms. The van der Waals surface area contributed by atoms with Crippen LogP contribution in [0.2, 0.25) is 0 Å². The van der Waals surface area contributed by atoms with Crippen LogP contribution in [0.4, 0.5) is 32.4 Å². The molecule has 0 radical (unpaired) electrons. The number of halogens is 5. The fraction of sp³-hybridized carbons (Fsp3) is 0.238. The number of amides is 2. The van der Waals surface area contributed by atoms with Crippen LogP contribution < -0.4 is 10.1 Å². The molecule has 4 rings (SSSR count). The molecule has 168 valence electrons. The van der Waals surface area contributed by atoms with Crippen molar-refractivity contribution in [2.75, 3.05) is 5.32 Å². The summed E-state index contributed by atoms with van der Waals surface area (Å²) in [6, 6.07) is 6.14. The Hall–Kier alpha value is -3.63. The van der Waals surface area contributed by atoms with Crippen molar-refractivity contribution in [3.8, 4) is 17.1 Å². The second-order valence-electron chi connectivity index (χ2n) is 7.20. The standard InChI is InChI=1S/C21H16F5N3O3/c1-10-6-17-14(19(32-28-17)11-2-4-13(5-3-11)31-20(25)26)9-29(10)21(30)27-12-7-15(22)18(24)16(23)8-12/h2-5,7-8,10,20H,6,9H2,1H3,(H,27,30). The second kappa shape index (κ2) is 8.48. The van der Waals surface area contributed by atoms with Crippen LogP contribution in [0.1, 0.15) is 18.2 Å². The highest BCUT2D eigenvalue weighted by molar-refractivity contribution is 5.90. The van der Waals surface area contributed by atoms with Crippen LogP contribution in [0.15, 0.2) is 40.9 Å². The van der Waals surface area contributed by atoms with E-state index >= 15 is 0 Å². The van der Waals surface area contributed by atoms with Crippen molar-refractivity contribution >= 4 is 11.7 Å². The number of hydrogen-bond donors (Lipinski definition) is 1. The molecule has 3 aromatic rings. The van der Waals surface area contributed by atoms with Gasteiger partial charge in [-0.25, -0.2) is 18.0 Å². The van der Waals surface area contributed by atoms with Crippen molar-refractivity contribution in [2.45, 2.75) is 32.5 Å². The monoisotopic (exact) mass is 453 g/mol. The van der Waals surface area contributed by atoms with Crippen LogP contribution in [0.3, 0.4) is 0 Å². The van der Waals surface area contributed by atoms with E-state index in [2.05, 4.69) is 15.2 Å². The van der Waals surface area contributed by atoms with Gasteiger partial charge in [0.15, 0.2) is 23.2 Å². The third-order valence-electron chi connectivity index (χ3n) is 5.06. The molecular weight excluding hydrogens is 437 g/mol. The third-order valence-corrected chi connectivity index (χ3v) is 5.06. The first kappa shape index (κ1) is 21.6. The zero-order valence-corrected chi connectivity index (χ0v) is 16.5. The number of urea groups is 1. The van der Waals surface area contributed by atoms with Gasteiger partial charge < -0.3 is 19.5 Å². The molecule has 6 nitrogen and oxygen atoms in total. The number of nitrogens with one attached hydrogen (secondary N) is 1. The van der Waals surface area contributed by atoms with Crippen LogP contribution >= 0.6 is 0 Å². The first-order valence-electron chi connectivity index (χ1n) is 9.47. The van der Waals surface area contributed by atoms with Crippen molar-refractivity contribution in [2.24, 2.45) is 0 Å². The van der Waals surface area contributed by atoms with E-state index in [1.165, 1.54) is 29.2 Å². The maximum absolute atomic E-state index is 13.5. The minimum atomic E-state index is -2.95. The minimum absolute atomic E-state index is 0.0227. The highest BCUT2D eigenvalue weighted by Crippen LogP contribution is 2.33. The summed E-state index contributed by atoms with van der Waals surface area (Å²) in [5.41, 5.74) is 1.54. The molecule has 0 aliphatic carbocycles. The van der Waals surface area contributed by atoms with Crippen molar-refractivity contribution < 1.29 is 36.0 Å². The van der Waals surface area contributed by atoms with Crippen LogP contribution in [-0.2, 0) is 13.0 Å². The summed E-state index contributed by atoms with van der Waals surface area (Å²) >= 11 is 0. The molecule has 0 saturated carbocycles. The summed E-state index contributed by atoms with van der Waals surface area (Å²) in [6.07, 6.45) is 0.352. The summed E-state index contributed by atoms with van der Waals surface area (Å²) in [5, 5.41) is 6.40. The average Bonchev–Trinajstić information content (AvgIpc) is 3.14. The Morgan fingerprint density at radius 3 is 2.47 bits per heavy atom. The molecule has 2 amide bonds. The molecule has 2 aromatic carbocycles. The third kappa shape index (κ3) is 4.23. The predicted octanol–water partition coefficient (Wildman–Crippen LogP) is 5.34. The lowest BCUT2D eigenvalue weighted by Crippen LogP contribution is -2.44. The minimum Gasteiger partial charge on any atom is -0.435 e. The Morgan fingerprint density at radius 2 is 1.84 bits per heavy atom. The van der Waals surface area contributed by atoms with E-state index in [9.17, 15) is 26.7 Å². The topological polar surface area (TPSA) is 67.6 Å². The van der Waals surface area contributed by atoms with Gasteiger partial charge in [0.2, 0.25) is 0 Å². The first-order valence-corrected chi connectivity index (χ1v) is 9.47. The average molecular weight is 453 g/mol. The van der Waals surface area contributed by atoms with E-state index in [-0.39, 0.29) is 24.0 Å². The molecule has 1 N–H and O–H groups in total. The van der Waals surface area contributed by atoms with Gasteiger partial charge in [0, 0.05) is 41.4 Å². The number of benzene rings is 2. The van der Waals surface area contributed by atoms with Gasteiger partial charge in [-0.05, 0) is 31.2 Å². The van der Waals surface area contributed by atoms with Gasteiger partial charge in [0.25, 0.3) is 0 Å². The molecule has 0 saturated heterocycles. The SMILES string of the molecule is CC1Cc2noc(-c3ccc(OC(F)F)cc3)c2CN1C(=O)Nc1cc(F)c(F)c(F)c1. The molecule has 11 heteroatoms. The number of nitrogens with zero attached hydrogens (tertiary/aromatic N) is 2. The fourth-order valence-electron chi connectivity index (χ4n) is 3.49. The number of carbonyl (C=O) groups is 1. The molecule has 0 spiro atoms. The smallest absolute Gasteiger partial charge is 0.387 e. The molecular formula is C21H16F5N3O3. The Morgan fingerprint density at radius 1 is 1.19 bits per heavy atom. The predicted molar refractivity (Wildman–Crippen MR) is 103 cm³/mol. The van der Waals surface area contributed by atoms with Crippen LogP contribution in [0, 0.1) is 17.5 Å². The van der Waals surface area contributed by atoms with Crippen LogP contribution in [-0.4, -0.2) is 28.7 Å². The molecule has 32 heavy (non-hydrogen) atoms. The summed E-state index contributed by atoms with van der Waals surface area (Å²) in [6.45, 7) is -1.11. The molecule has 1 unspecified atom stereocenters. The van der Waals surface area contributed by atoms with Gasteiger partial charge in [0.1, 0.15) is 5.75 Å². The summed E-state index contributed by atoms with van der Waals surface area (Å²) in [7, 11) is 0. The second-order valence-corrected chi connectivity index (χ2v) is 7.20. The van der Waals surface area contributed by atoms with E-state index in [4.69, 9.17) is 4.52 Å². The number of ether oxygens (including phenoxy) is 1. The molecule has 1 aliphatic heterocycles. The lowest BCUT2D eigenvalue weighted by molar-refractivity contribution is -0.0498. The normalized spacial score (nSPS) is 15.6. The van der Waals surface area contributed by atoms with E-state index in [1.807, 2.05) is 0 Å². The van der Waals surface area contributed by atoms with Gasteiger partial charge in [-0.1, -0.05) is 5.16 Å². The lowest BCUT2D eigenvalue weighted by Gasteiger charge is -2.32. The van der Waals surface area contributed by atoms with Crippen molar-refractivity contribution in [1.82, 2.24) is 10.1 Å². The van der Waals surface area contributed by atoms with Gasteiger partial charge in [-0.3, -0.25) is 0 Å². The van der Waals surface area contributed by atoms with E-state index in [1.54, 1.807) is 6.92 Å². The van der Waals surface area contributed by atoms with E-state index in [0.29, 0.717) is 41.1 Å². The maximum Gasteiger partial charge on any atom is 0.387 e. The van der Waals surface area contributed by atoms with Gasteiger partial charge in [-0.2, -0.15) is 8.78 Å². The number of aromatic nitrogens is 1. The van der Waals surface area contributed by atoms with Gasteiger partial charge >= 0.3 is 12.6 Å². The Bertz CT molecular complexity index is 1130. The highest BCUT2D eigenvalue weighted by atomic mass is 19.3. The first-order chi connectivity index (χ1) is 15.2. The van der Waals surface area contributed by atoms with Crippen molar-refractivity contribution in [3.63, 3.8) is 0 Å². The Labute approximate surface area is 178 Å². The molecule has 2 heterocycles. The number of rotatable bonds is 4. The number of hydrogen-bond acceptors (Lipinski definition) is 4. The Balaban J connectivity index is 1.55. The summed E-state index contributed by atoms with van der Waals surface area (Å²) in [5.74, 6) is -4.14. The van der Waals surface area contributed by atoms with Gasteiger partial charge in [0.05, 0.1) is 12.2 Å². The Kier molecular flexibility index (Phi) is 5.72. The zero-order valence-electron chi connectivity index (χ0n) is 16.5. The zero-order chi connectivity index (χ0) is 23.0. The fourth-order valence-corrected chi connectivity index (χ4v) is 3.49.